The van der Waals surface area contributed by atoms with Crippen molar-refractivity contribution < 1.29 is 30.8 Å². The standard InChI is InChI=1S/C16H19F3N4O3S.FH/c1-4-9-7-11(10-5-6-10)12(8-13(9)27(24,25)26)23-15(22(2)3)20-14(21-23)16(17,18)19;/h7-8,10H,4-6H2,1-3H3,(H,24,25,26);1H. The molecule has 1 heterocycles. The summed E-state index contributed by atoms with van der Waals surface area (Å²) in [6, 6.07) is 2.81. The third kappa shape index (κ3) is 4.12. The van der Waals surface area contributed by atoms with Gasteiger partial charge in [0, 0.05) is 14.1 Å². The molecule has 1 aromatic carbocycles. The monoisotopic (exact) mass is 424 g/mol. The molecule has 0 unspecified atom stereocenters. The van der Waals surface area contributed by atoms with Gasteiger partial charge < -0.3 is 4.90 Å². The van der Waals surface area contributed by atoms with Gasteiger partial charge in [0.15, 0.2) is 0 Å². The summed E-state index contributed by atoms with van der Waals surface area (Å²) in [7, 11) is -1.52. The van der Waals surface area contributed by atoms with Crippen molar-refractivity contribution in [2.24, 2.45) is 0 Å². The molecule has 28 heavy (non-hydrogen) atoms. The first-order valence-corrected chi connectivity index (χ1v) is 9.73. The van der Waals surface area contributed by atoms with Gasteiger partial charge in [-0.25, -0.2) is 0 Å². The number of alkyl halides is 3. The minimum atomic E-state index is -4.75. The fourth-order valence-corrected chi connectivity index (χ4v) is 3.72. The fraction of sp³-hybridized carbons (Fsp3) is 0.500. The predicted molar refractivity (Wildman–Crippen MR) is 94.4 cm³/mol. The lowest BCUT2D eigenvalue weighted by molar-refractivity contribution is -0.144. The highest BCUT2D eigenvalue weighted by Crippen LogP contribution is 2.45. The zero-order valence-corrected chi connectivity index (χ0v) is 16.2. The summed E-state index contributed by atoms with van der Waals surface area (Å²) in [5, 5.41) is 3.58. The van der Waals surface area contributed by atoms with Crippen LogP contribution >= 0.6 is 0 Å². The van der Waals surface area contributed by atoms with Crippen LogP contribution in [0.1, 0.15) is 42.6 Å². The summed E-state index contributed by atoms with van der Waals surface area (Å²) in [5.41, 5.74) is 1.28. The molecule has 0 amide bonds. The number of nitrogens with zero attached hydrogens (tertiary/aromatic N) is 4. The molecule has 1 fully saturated rings. The van der Waals surface area contributed by atoms with Gasteiger partial charge >= 0.3 is 6.18 Å². The summed E-state index contributed by atoms with van der Waals surface area (Å²) in [6.07, 6.45) is -2.70. The van der Waals surface area contributed by atoms with Crippen LogP contribution in [0, 0.1) is 0 Å². The molecule has 0 bridgehead atoms. The summed E-state index contributed by atoms with van der Waals surface area (Å²) in [6.45, 7) is 1.74. The maximum absolute atomic E-state index is 13.1. The molecule has 1 aliphatic carbocycles. The van der Waals surface area contributed by atoms with E-state index < -0.39 is 22.1 Å². The van der Waals surface area contributed by atoms with Crippen LogP contribution < -0.4 is 4.90 Å². The van der Waals surface area contributed by atoms with Crippen molar-refractivity contribution in [3.05, 3.63) is 29.1 Å². The van der Waals surface area contributed by atoms with Crippen LogP contribution in [0.25, 0.3) is 5.69 Å². The van der Waals surface area contributed by atoms with E-state index in [1.807, 2.05) is 0 Å². The van der Waals surface area contributed by atoms with Gasteiger partial charge in [-0.2, -0.15) is 31.3 Å². The molecule has 0 saturated heterocycles. The van der Waals surface area contributed by atoms with E-state index in [1.165, 1.54) is 25.1 Å². The first kappa shape index (κ1) is 22.1. The highest BCUT2D eigenvalue weighted by molar-refractivity contribution is 7.85. The number of rotatable bonds is 5. The van der Waals surface area contributed by atoms with Crippen LogP contribution in [0.15, 0.2) is 17.0 Å². The lowest BCUT2D eigenvalue weighted by atomic mass is 10.0. The zero-order valence-electron chi connectivity index (χ0n) is 15.4. The maximum atomic E-state index is 13.1. The highest BCUT2D eigenvalue weighted by Gasteiger charge is 2.39. The van der Waals surface area contributed by atoms with Gasteiger partial charge in [0.25, 0.3) is 15.9 Å². The van der Waals surface area contributed by atoms with Gasteiger partial charge in [0.1, 0.15) is 0 Å². The molecule has 0 aliphatic heterocycles. The second kappa shape index (κ2) is 7.32. The van der Waals surface area contributed by atoms with Crippen molar-refractivity contribution in [3.63, 3.8) is 0 Å². The van der Waals surface area contributed by atoms with E-state index >= 15 is 0 Å². The van der Waals surface area contributed by atoms with Crippen LogP contribution in [0.4, 0.5) is 23.8 Å². The van der Waals surface area contributed by atoms with E-state index in [0.717, 1.165) is 17.5 Å². The molecule has 1 N–H and O–H groups in total. The highest BCUT2D eigenvalue weighted by atomic mass is 32.2. The predicted octanol–water partition coefficient (Wildman–Crippen LogP) is 3.19. The number of hydrogen-bond donors (Lipinski definition) is 1. The molecule has 1 aromatic heterocycles. The van der Waals surface area contributed by atoms with Crippen molar-refractivity contribution in [2.45, 2.75) is 43.2 Å². The molecule has 0 atom stereocenters. The van der Waals surface area contributed by atoms with E-state index in [4.69, 9.17) is 0 Å². The number of anilines is 1. The van der Waals surface area contributed by atoms with E-state index in [2.05, 4.69) is 10.1 Å². The Bertz CT molecular complexity index is 983. The summed E-state index contributed by atoms with van der Waals surface area (Å²) in [5.74, 6) is -1.30. The fourth-order valence-electron chi connectivity index (χ4n) is 2.93. The van der Waals surface area contributed by atoms with Crippen molar-refractivity contribution in [3.8, 4) is 5.69 Å². The lowest BCUT2D eigenvalue weighted by Gasteiger charge is -2.18. The quantitative estimate of drug-likeness (QED) is 0.586. The molecule has 3 rings (SSSR count). The third-order valence-electron chi connectivity index (χ3n) is 4.36. The number of benzene rings is 1. The van der Waals surface area contributed by atoms with E-state index in [-0.39, 0.29) is 27.2 Å². The van der Waals surface area contributed by atoms with Crippen LogP contribution in [0.2, 0.25) is 0 Å². The molecule has 0 radical (unpaired) electrons. The average molecular weight is 424 g/mol. The van der Waals surface area contributed by atoms with Crippen molar-refractivity contribution in [1.29, 1.82) is 0 Å². The van der Waals surface area contributed by atoms with Crippen LogP contribution in [-0.4, -0.2) is 41.8 Å². The number of halogens is 4. The van der Waals surface area contributed by atoms with E-state index in [1.54, 1.807) is 13.0 Å². The Balaban J connectivity index is 0.00000280. The third-order valence-corrected chi connectivity index (χ3v) is 5.29. The summed E-state index contributed by atoms with van der Waals surface area (Å²) >= 11 is 0. The van der Waals surface area contributed by atoms with Gasteiger partial charge in [-0.1, -0.05) is 13.0 Å². The molecule has 0 spiro atoms. The molecular formula is C16H20F4N4O3S. The molecule has 1 saturated carbocycles. The minimum absolute atomic E-state index is 0. The molecular weight excluding hydrogens is 404 g/mol. The smallest absolute Gasteiger partial charge is 0.347 e. The Morgan fingerprint density at radius 3 is 2.32 bits per heavy atom. The van der Waals surface area contributed by atoms with Crippen molar-refractivity contribution in [1.82, 2.24) is 14.8 Å². The average Bonchev–Trinajstić information content (AvgIpc) is 3.28. The van der Waals surface area contributed by atoms with E-state index in [0.29, 0.717) is 17.5 Å². The topological polar surface area (TPSA) is 88.3 Å². The van der Waals surface area contributed by atoms with Gasteiger partial charge in [-0.3, -0.25) is 9.26 Å². The second-order valence-electron chi connectivity index (χ2n) is 6.66. The first-order chi connectivity index (χ1) is 12.4. The van der Waals surface area contributed by atoms with Crippen molar-refractivity contribution in [2.75, 3.05) is 19.0 Å². The van der Waals surface area contributed by atoms with Gasteiger partial charge in [-0.05, 0) is 42.4 Å². The second-order valence-corrected chi connectivity index (χ2v) is 8.05. The Kier molecular flexibility index (Phi) is 5.77. The van der Waals surface area contributed by atoms with E-state index in [9.17, 15) is 26.1 Å². The zero-order chi connectivity index (χ0) is 20.1. The Hall–Kier alpha value is -2.21. The molecule has 1 aliphatic rings. The molecule has 2 aromatic rings. The van der Waals surface area contributed by atoms with Gasteiger partial charge in [0.05, 0.1) is 10.6 Å². The van der Waals surface area contributed by atoms with Crippen LogP contribution in [0.3, 0.4) is 0 Å². The van der Waals surface area contributed by atoms with Crippen LogP contribution in [-0.2, 0) is 22.7 Å². The lowest BCUT2D eigenvalue weighted by Crippen LogP contribution is -2.17. The molecule has 12 heteroatoms. The number of aryl methyl sites for hydroxylation is 1. The SMILES string of the molecule is CCc1cc(C2CC2)c(-n2nc(C(F)(F)F)nc2N(C)C)cc1S(=O)(=O)O.F. The Morgan fingerprint density at radius 2 is 1.89 bits per heavy atom. The number of aromatic nitrogens is 3. The minimum Gasteiger partial charge on any atom is -0.347 e. The first-order valence-electron chi connectivity index (χ1n) is 8.29. The van der Waals surface area contributed by atoms with Crippen molar-refractivity contribution >= 4 is 16.1 Å². The molecule has 7 nitrogen and oxygen atoms in total. The van der Waals surface area contributed by atoms with Gasteiger partial charge in [-0.15, -0.1) is 5.10 Å². The van der Waals surface area contributed by atoms with Crippen LogP contribution in [0.5, 0.6) is 0 Å². The maximum Gasteiger partial charge on any atom is 0.453 e. The summed E-state index contributed by atoms with van der Waals surface area (Å²) < 4.78 is 73.5. The molecule has 156 valence electrons. The normalized spacial score (nSPS) is 14.7. The Labute approximate surface area is 159 Å². The Morgan fingerprint density at radius 1 is 1.29 bits per heavy atom. The number of hydrogen-bond acceptors (Lipinski definition) is 5. The van der Waals surface area contributed by atoms with Gasteiger partial charge in [0.2, 0.25) is 5.95 Å². The largest absolute Gasteiger partial charge is 0.453 e. The summed E-state index contributed by atoms with van der Waals surface area (Å²) in [4.78, 5) is 4.58.